The van der Waals surface area contributed by atoms with Gasteiger partial charge in [0.05, 0.1) is 4.90 Å². The Kier molecular flexibility index (Phi) is 6.17. The Hall–Kier alpha value is -1.60. The van der Waals surface area contributed by atoms with Gasteiger partial charge in [0.1, 0.15) is 0 Å². The predicted octanol–water partition coefficient (Wildman–Crippen LogP) is 1.08. The molecule has 7 heteroatoms. The molecule has 0 aliphatic carbocycles. The maximum Gasteiger partial charge on any atom is 0.241 e. The van der Waals surface area contributed by atoms with Gasteiger partial charge in [-0.3, -0.25) is 4.79 Å². The summed E-state index contributed by atoms with van der Waals surface area (Å²) >= 11 is 0. The molecule has 0 spiro atoms. The highest BCUT2D eigenvalue weighted by molar-refractivity contribution is 7.89. The standard InChI is InChI=1S/C14H23N3O3S/c1-4-6-16-13(18)5-7-17-21(19,20)14-10(2)8-12(15)9-11(14)3/h8-9,17H,4-7,15H2,1-3H3,(H,16,18). The van der Waals surface area contributed by atoms with Crippen molar-refractivity contribution in [2.24, 2.45) is 0 Å². The molecule has 6 nitrogen and oxygen atoms in total. The van der Waals surface area contributed by atoms with E-state index in [1.807, 2.05) is 6.92 Å². The van der Waals surface area contributed by atoms with E-state index in [2.05, 4.69) is 10.0 Å². The largest absolute Gasteiger partial charge is 0.399 e. The highest BCUT2D eigenvalue weighted by Gasteiger charge is 2.19. The van der Waals surface area contributed by atoms with Gasteiger partial charge in [0.2, 0.25) is 15.9 Å². The Morgan fingerprint density at radius 3 is 2.29 bits per heavy atom. The quantitative estimate of drug-likeness (QED) is 0.656. The van der Waals surface area contributed by atoms with E-state index in [0.29, 0.717) is 23.4 Å². The number of hydrogen-bond acceptors (Lipinski definition) is 4. The van der Waals surface area contributed by atoms with Crippen LogP contribution in [0.4, 0.5) is 5.69 Å². The van der Waals surface area contributed by atoms with Crippen LogP contribution in [0.2, 0.25) is 0 Å². The maximum absolute atomic E-state index is 12.3. The van der Waals surface area contributed by atoms with Crippen LogP contribution in [0.1, 0.15) is 30.9 Å². The van der Waals surface area contributed by atoms with Crippen molar-refractivity contribution in [3.8, 4) is 0 Å². The number of carbonyl (C=O) groups excluding carboxylic acids is 1. The lowest BCUT2D eigenvalue weighted by Gasteiger charge is -2.13. The first-order valence-corrected chi connectivity index (χ1v) is 8.39. The number of rotatable bonds is 7. The molecule has 0 radical (unpaired) electrons. The third kappa shape index (κ3) is 5.02. The van der Waals surface area contributed by atoms with Crippen LogP contribution in [-0.4, -0.2) is 27.4 Å². The van der Waals surface area contributed by atoms with Crippen LogP contribution in [0.3, 0.4) is 0 Å². The second-order valence-corrected chi connectivity index (χ2v) is 6.69. The van der Waals surface area contributed by atoms with Crippen molar-refractivity contribution >= 4 is 21.6 Å². The van der Waals surface area contributed by atoms with Gasteiger partial charge in [0.15, 0.2) is 0 Å². The Morgan fingerprint density at radius 1 is 1.19 bits per heavy atom. The summed E-state index contributed by atoms with van der Waals surface area (Å²) < 4.78 is 27.0. The smallest absolute Gasteiger partial charge is 0.241 e. The summed E-state index contributed by atoms with van der Waals surface area (Å²) in [4.78, 5) is 11.7. The van der Waals surface area contributed by atoms with Crippen molar-refractivity contribution in [3.63, 3.8) is 0 Å². The number of nitrogen functional groups attached to an aromatic ring is 1. The molecule has 0 aliphatic rings. The van der Waals surface area contributed by atoms with E-state index in [-0.39, 0.29) is 23.8 Å². The summed E-state index contributed by atoms with van der Waals surface area (Å²) in [5.41, 5.74) is 7.41. The van der Waals surface area contributed by atoms with Crippen LogP contribution in [0, 0.1) is 13.8 Å². The summed E-state index contributed by atoms with van der Waals surface area (Å²) in [6.45, 7) is 6.02. The highest BCUT2D eigenvalue weighted by Crippen LogP contribution is 2.22. The number of aryl methyl sites for hydroxylation is 2. The van der Waals surface area contributed by atoms with Crippen LogP contribution < -0.4 is 15.8 Å². The molecule has 0 saturated carbocycles. The molecule has 0 fully saturated rings. The number of anilines is 1. The second-order valence-electron chi connectivity index (χ2n) is 4.98. The second kappa shape index (κ2) is 7.42. The first kappa shape index (κ1) is 17.5. The van der Waals surface area contributed by atoms with E-state index < -0.39 is 10.0 Å². The number of sulfonamides is 1. The maximum atomic E-state index is 12.3. The molecular formula is C14H23N3O3S. The lowest BCUT2D eigenvalue weighted by atomic mass is 10.1. The predicted molar refractivity (Wildman–Crippen MR) is 83.4 cm³/mol. The van der Waals surface area contributed by atoms with E-state index in [1.54, 1.807) is 26.0 Å². The molecule has 0 unspecified atom stereocenters. The van der Waals surface area contributed by atoms with E-state index in [1.165, 1.54) is 0 Å². The molecule has 0 aromatic heterocycles. The van der Waals surface area contributed by atoms with Crippen LogP contribution in [-0.2, 0) is 14.8 Å². The molecule has 1 aromatic rings. The van der Waals surface area contributed by atoms with Gasteiger partial charge in [-0.15, -0.1) is 0 Å². The Morgan fingerprint density at radius 2 is 1.76 bits per heavy atom. The monoisotopic (exact) mass is 313 g/mol. The molecule has 0 bridgehead atoms. The zero-order valence-electron chi connectivity index (χ0n) is 12.7. The summed E-state index contributed by atoms with van der Waals surface area (Å²) in [5.74, 6) is -0.162. The number of amides is 1. The molecule has 21 heavy (non-hydrogen) atoms. The molecule has 118 valence electrons. The van der Waals surface area contributed by atoms with Crippen molar-refractivity contribution in [2.75, 3.05) is 18.8 Å². The number of carbonyl (C=O) groups is 1. The number of benzene rings is 1. The van der Waals surface area contributed by atoms with Gasteiger partial charge < -0.3 is 11.1 Å². The highest BCUT2D eigenvalue weighted by atomic mass is 32.2. The molecule has 0 heterocycles. The number of hydrogen-bond donors (Lipinski definition) is 3. The van der Waals surface area contributed by atoms with E-state index in [0.717, 1.165) is 6.42 Å². The third-order valence-corrected chi connectivity index (χ3v) is 4.73. The Balaban J connectivity index is 2.73. The topological polar surface area (TPSA) is 101 Å². The van der Waals surface area contributed by atoms with Gasteiger partial charge in [0, 0.05) is 25.2 Å². The van der Waals surface area contributed by atoms with Gasteiger partial charge in [-0.1, -0.05) is 6.92 Å². The summed E-state index contributed by atoms with van der Waals surface area (Å²) in [7, 11) is -3.64. The van der Waals surface area contributed by atoms with Crippen molar-refractivity contribution in [1.82, 2.24) is 10.0 Å². The van der Waals surface area contributed by atoms with Gasteiger partial charge in [-0.05, 0) is 43.5 Å². The van der Waals surface area contributed by atoms with Crippen LogP contribution in [0.25, 0.3) is 0 Å². The zero-order chi connectivity index (χ0) is 16.0. The van der Waals surface area contributed by atoms with E-state index in [9.17, 15) is 13.2 Å². The minimum atomic E-state index is -3.64. The number of nitrogens with one attached hydrogen (secondary N) is 2. The van der Waals surface area contributed by atoms with Crippen molar-refractivity contribution in [3.05, 3.63) is 23.3 Å². The van der Waals surface area contributed by atoms with Gasteiger partial charge >= 0.3 is 0 Å². The fourth-order valence-electron chi connectivity index (χ4n) is 2.13. The average molecular weight is 313 g/mol. The SMILES string of the molecule is CCCNC(=O)CCNS(=O)(=O)c1c(C)cc(N)cc1C. The fourth-order valence-corrected chi connectivity index (χ4v) is 3.61. The Bertz CT molecular complexity index is 589. The molecule has 4 N–H and O–H groups in total. The summed E-state index contributed by atoms with van der Waals surface area (Å²) in [6, 6.07) is 3.24. The van der Waals surface area contributed by atoms with Gasteiger partial charge in [0.25, 0.3) is 0 Å². The molecular weight excluding hydrogens is 290 g/mol. The van der Waals surface area contributed by atoms with E-state index in [4.69, 9.17) is 5.73 Å². The van der Waals surface area contributed by atoms with Crippen molar-refractivity contribution in [1.29, 1.82) is 0 Å². The first-order valence-electron chi connectivity index (χ1n) is 6.91. The molecule has 0 atom stereocenters. The van der Waals surface area contributed by atoms with Crippen molar-refractivity contribution in [2.45, 2.75) is 38.5 Å². The van der Waals surface area contributed by atoms with Crippen molar-refractivity contribution < 1.29 is 13.2 Å². The van der Waals surface area contributed by atoms with E-state index >= 15 is 0 Å². The fraction of sp³-hybridized carbons (Fsp3) is 0.500. The normalized spacial score (nSPS) is 11.4. The molecule has 1 aromatic carbocycles. The minimum Gasteiger partial charge on any atom is -0.399 e. The summed E-state index contributed by atoms with van der Waals surface area (Å²) in [6.07, 6.45) is 0.966. The lowest BCUT2D eigenvalue weighted by Crippen LogP contribution is -2.31. The minimum absolute atomic E-state index is 0.0706. The van der Waals surface area contributed by atoms with Crippen LogP contribution >= 0.6 is 0 Å². The molecule has 0 saturated heterocycles. The molecule has 1 amide bonds. The van der Waals surface area contributed by atoms with Crippen LogP contribution in [0.15, 0.2) is 17.0 Å². The van der Waals surface area contributed by atoms with Gasteiger partial charge in [-0.2, -0.15) is 0 Å². The van der Waals surface area contributed by atoms with Gasteiger partial charge in [-0.25, -0.2) is 13.1 Å². The average Bonchev–Trinajstić information content (AvgIpc) is 2.34. The Labute approximate surface area is 126 Å². The number of nitrogens with two attached hydrogens (primary N) is 1. The third-order valence-electron chi connectivity index (χ3n) is 2.97. The molecule has 1 rings (SSSR count). The lowest BCUT2D eigenvalue weighted by molar-refractivity contribution is -0.120. The summed E-state index contributed by atoms with van der Waals surface area (Å²) in [5, 5.41) is 2.70. The van der Waals surface area contributed by atoms with Crippen LogP contribution in [0.5, 0.6) is 0 Å². The first-order chi connectivity index (χ1) is 9.77. The zero-order valence-corrected chi connectivity index (χ0v) is 13.5. The molecule has 0 aliphatic heterocycles.